The highest BCUT2D eigenvalue weighted by Crippen LogP contribution is 2.40. The lowest BCUT2D eigenvalue weighted by molar-refractivity contribution is -0.139. The number of benzene rings is 1. The van der Waals surface area contributed by atoms with Gasteiger partial charge in [-0.05, 0) is 18.4 Å². The van der Waals surface area contributed by atoms with Crippen LogP contribution in [0.2, 0.25) is 0 Å². The molecule has 1 aliphatic rings. The largest absolute Gasteiger partial charge is 0.507 e. The van der Waals surface area contributed by atoms with E-state index in [4.69, 9.17) is 5.11 Å². The topological polar surface area (TPSA) is 89.9 Å². The highest BCUT2D eigenvalue weighted by molar-refractivity contribution is 7.10. The Hall–Kier alpha value is -2.48. The molecule has 1 amide bonds. The maximum Gasteiger partial charge on any atom is 0.295 e. The predicted octanol–water partition coefficient (Wildman–Crippen LogP) is 2.06. The number of aryl methyl sites for hydroxylation is 1. The number of carbonyl (C=O) groups excluding carboxylic acids is 2. The molecule has 3 rings (SSSR count). The summed E-state index contributed by atoms with van der Waals surface area (Å²) in [5, 5.41) is 24.6. The smallest absolute Gasteiger partial charge is 0.295 e. The first-order valence-electron chi connectivity index (χ1n) is 8.75. The molecule has 1 saturated heterocycles. The van der Waals surface area contributed by atoms with E-state index in [1.165, 1.54) is 16.2 Å². The van der Waals surface area contributed by atoms with Gasteiger partial charge in [-0.3, -0.25) is 9.59 Å². The summed E-state index contributed by atoms with van der Waals surface area (Å²) in [5.74, 6) is -1.45. The summed E-state index contributed by atoms with van der Waals surface area (Å²) in [6.07, 6.45) is 0. The number of hydrogen-bond acceptors (Lipinski definition) is 6. The molecule has 2 heterocycles. The summed E-state index contributed by atoms with van der Waals surface area (Å²) >= 11 is 1.44. The molecule has 0 radical (unpaired) electrons. The number of nitrogens with zero attached hydrogens (tertiary/aromatic N) is 1. The van der Waals surface area contributed by atoms with Crippen LogP contribution in [0.25, 0.3) is 5.76 Å². The lowest BCUT2D eigenvalue weighted by Crippen LogP contribution is -2.36. The Kier molecular flexibility index (Phi) is 6.05. The number of carbonyl (C=O) groups is 2. The van der Waals surface area contributed by atoms with E-state index in [9.17, 15) is 14.7 Å². The average Bonchev–Trinajstić information content (AvgIpc) is 3.27. The van der Waals surface area contributed by atoms with E-state index in [-0.39, 0.29) is 17.9 Å². The fourth-order valence-electron chi connectivity index (χ4n) is 3.12. The minimum Gasteiger partial charge on any atom is -0.507 e. The second kappa shape index (κ2) is 8.47. The SMILES string of the molecule is Cc1ccc(C(O)=C2C(=O)C(=O)N(CCNCCO)[C@@H]2c2cccs2)cc1. The average molecular weight is 386 g/mol. The minimum atomic E-state index is -0.673. The summed E-state index contributed by atoms with van der Waals surface area (Å²) in [6, 6.07) is 10.3. The van der Waals surface area contributed by atoms with Crippen molar-refractivity contribution in [2.75, 3.05) is 26.2 Å². The second-order valence-electron chi connectivity index (χ2n) is 6.35. The molecular formula is C20H22N2O4S. The Morgan fingerprint density at radius 1 is 1.19 bits per heavy atom. The van der Waals surface area contributed by atoms with Gasteiger partial charge >= 0.3 is 0 Å². The molecule has 7 heteroatoms. The summed E-state index contributed by atoms with van der Waals surface area (Å²) < 4.78 is 0. The van der Waals surface area contributed by atoms with Crippen molar-refractivity contribution in [1.29, 1.82) is 0 Å². The zero-order valence-corrected chi connectivity index (χ0v) is 15.8. The summed E-state index contributed by atoms with van der Waals surface area (Å²) in [4.78, 5) is 27.7. The number of nitrogens with one attached hydrogen (secondary N) is 1. The van der Waals surface area contributed by atoms with Crippen molar-refractivity contribution in [1.82, 2.24) is 10.2 Å². The lowest BCUT2D eigenvalue weighted by Gasteiger charge is -2.24. The molecule has 0 unspecified atom stereocenters. The Labute approximate surface area is 161 Å². The number of hydrogen-bond donors (Lipinski definition) is 3. The van der Waals surface area contributed by atoms with Crippen LogP contribution in [-0.2, 0) is 9.59 Å². The van der Waals surface area contributed by atoms with Gasteiger partial charge in [-0.15, -0.1) is 11.3 Å². The number of amides is 1. The van der Waals surface area contributed by atoms with Gasteiger partial charge in [0.05, 0.1) is 18.2 Å². The van der Waals surface area contributed by atoms with E-state index in [0.29, 0.717) is 25.2 Å². The maximum atomic E-state index is 12.7. The molecule has 1 aliphatic heterocycles. The van der Waals surface area contributed by atoms with Crippen LogP contribution in [0.15, 0.2) is 47.4 Å². The predicted molar refractivity (Wildman–Crippen MR) is 104 cm³/mol. The van der Waals surface area contributed by atoms with Crippen molar-refractivity contribution < 1.29 is 19.8 Å². The number of aliphatic hydroxyl groups excluding tert-OH is 2. The second-order valence-corrected chi connectivity index (χ2v) is 7.33. The molecule has 3 N–H and O–H groups in total. The lowest BCUT2D eigenvalue weighted by atomic mass is 9.99. The van der Waals surface area contributed by atoms with E-state index in [0.717, 1.165) is 10.4 Å². The number of likely N-dealkylation sites (tertiary alicyclic amines) is 1. The molecule has 0 spiro atoms. The summed E-state index contributed by atoms with van der Waals surface area (Å²) in [6.45, 7) is 3.10. The zero-order valence-electron chi connectivity index (χ0n) is 15.0. The van der Waals surface area contributed by atoms with Crippen molar-refractivity contribution in [3.63, 3.8) is 0 Å². The van der Waals surface area contributed by atoms with Gasteiger partial charge in [0, 0.05) is 30.1 Å². The Bertz CT molecular complexity index is 843. The molecule has 2 aromatic rings. The molecular weight excluding hydrogens is 364 g/mol. The van der Waals surface area contributed by atoms with Gasteiger partial charge in [0.2, 0.25) is 0 Å². The Balaban J connectivity index is 2.00. The van der Waals surface area contributed by atoms with Crippen molar-refractivity contribution in [2.24, 2.45) is 0 Å². The molecule has 142 valence electrons. The molecule has 1 aromatic carbocycles. The van der Waals surface area contributed by atoms with Crippen molar-refractivity contribution in [2.45, 2.75) is 13.0 Å². The number of aliphatic hydroxyl groups is 2. The van der Waals surface area contributed by atoms with Crippen LogP contribution in [0.5, 0.6) is 0 Å². The van der Waals surface area contributed by atoms with E-state index >= 15 is 0 Å². The van der Waals surface area contributed by atoms with Crippen molar-refractivity contribution in [3.05, 3.63) is 63.4 Å². The van der Waals surface area contributed by atoms with Crippen LogP contribution < -0.4 is 5.32 Å². The van der Waals surface area contributed by atoms with E-state index in [1.54, 1.807) is 12.1 Å². The third-order valence-corrected chi connectivity index (χ3v) is 5.42. The molecule has 6 nitrogen and oxygen atoms in total. The minimum absolute atomic E-state index is 0.000590. The van der Waals surface area contributed by atoms with Crippen LogP contribution in [0.4, 0.5) is 0 Å². The maximum absolute atomic E-state index is 12.7. The van der Waals surface area contributed by atoms with Gasteiger partial charge in [0.1, 0.15) is 5.76 Å². The number of rotatable bonds is 7. The van der Waals surface area contributed by atoms with Gasteiger partial charge in [0.15, 0.2) is 0 Å². The number of thiophene rings is 1. The fraction of sp³-hybridized carbons (Fsp3) is 0.300. The standard InChI is InChI=1S/C20H22N2O4S/c1-13-4-6-14(7-5-13)18(24)16-17(15-3-2-12-27-15)22(20(26)19(16)25)10-8-21-9-11-23/h2-7,12,17,21,23-24H,8-11H2,1H3/t17-/m1/s1. The monoisotopic (exact) mass is 386 g/mol. The molecule has 1 atom stereocenters. The van der Waals surface area contributed by atoms with Gasteiger partial charge < -0.3 is 20.4 Å². The Morgan fingerprint density at radius 2 is 1.93 bits per heavy atom. The highest BCUT2D eigenvalue weighted by Gasteiger charge is 2.46. The molecule has 1 aromatic heterocycles. The first kappa shape index (κ1) is 19.3. The third-order valence-electron chi connectivity index (χ3n) is 4.50. The van der Waals surface area contributed by atoms with Gasteiger partial charge in [0.25, 0.3) is 11.7 Å². The first-order chi connectivity index (χ1) is 13.0. The number of ketones is 1. The van der Waals surface area contributed by atoms with E-state index in [2.05, 4.69) is 5.32 Å². The van der Waals surface area contributed by atoms with Crippen molar-refractivity contribution in [3.8, 4) is 0 Å². The first-order valence-corrected chi connectivity index (χ1v) is 9.63. The van der Waals surface area contributed by atoms with E-state index < -0.39 is 17.7 Å². The highest BCUT2D eigenvalue weighted by atomic mass is 32.1. The zero-order chi connectivity index (χ0) is 19.4. The van der Waals surface area contributed by atoms with Crippen LogP contribution in [0.3, 0.4) is 0 Å². The van der Waals surface area contributed by atoms with Gasteiger partial charge in [-0.25, -0.2) is 0 Å². The number of Topliss-reactive ketones (excluding diaryl/α,β-unsaturated/α-hetero) is 1. The summed E-state index contributed by atoms with van der Waals surface area (Å²) in [7, 11) is 0. The normalized spacial score (nSPS) is 19.0. The molecule has 0 bridgehead atoms. The van der Waals surface area contributed by atoms with Crippen LogP contribution in [0, 0.1) is 6.92 Å². The van der Waals surface area contributed by atoms with Gasteiger partial charge in [-0.1, -0.05) is 35.9 Å². The molecule has 0 aliphatic carbocycles. The molecule has 1 fully saturated rings. The fourth-order valence-corrected chi connectivity index (χ4v) is 3.97. The third kappa shape index (κ3) is 3.95. The quantitative estimate of drug-likeness (QED) is 0.293. The van der Waals surface area contributed by atoms with Crippen molar-refractivity contribution >= 4 is 28.8 Å². The molecule has 27 heavy (non-hydrogen) atoms. The van der Waals surface area contributed by atoms with Crippen LogP contribution >= 0.6 is 11.3 Å². The molecule has 0 saturated carbocycles. The Morgan fingerprint density at radius 3 is 2.56 bits per heavy atom. The summed E-state index contributed by atoms with van der Waals surface area (Å²) in [5.41, 5.74) is 1.67. The van der Waals surface area contributed by atoms with Crippen LogP contribution in [-0.4, -0.2) is 53.0 Å². The van der Waals surface area contributed by atoms with E-state index in [1.807, 2.05) is 36.6 Å². The van der Waals surface area contributed by atoms with Gasteiger partial charge in [-0.2, -0.15) is 0 Å². The van der Waals surface area contributed by atoms with Crippen LogP contribution in [0.1, 0.15) is 22.0 Å².